The number of ether oxygens (including phenoxy) is 1. The highest BCUT2D eigenvalue weighted by Gasteiger charge is 2.52. The highest BCUT2D eigenvalue weighted by atomic mass is 32.1. The number of thiazole rings is 1. The number of benzene rings is 1. The number of carbonyl (C=O) groups excluding carboxylic acids is 2. The van der Waals surface area contributed by atoms with E-state index in [1.165, 1.54) is 0 Å². The van der Waals surface area contributed by atoms with Crippen molar-refractivity contribution in [3.05, 3.63) is 41.4 Å². The van der Waals surface area contributed by atoms with E-state index in [1.54, 1.807) is 31.3 Å². The first kappa shape index (κ1) is 28.9. The molecule has 0 radical (unpaired) electrons. The molecule has 0 spiro atoms. The predicted octanol–water partition coefficient (Wildman–Crippen LogP) is 5.03. The van der Waals surface area contributed by atoms with Crippen molar-refractivity contribution >= 4 is 33.2 Å². The summed E-state index contributed by atoms with van der Waals surface area (Å²) >= 11 is 1.63. The monoisotopic (exact) mass is 542 g/mol. The van der Waals surface area contributed by atoms with Crippen molar-refractivity contribution in [2.24, 2.45) is 17.3 Å². The third kappa shape index (κ3) is 6.03. The number of carbonyl (C=O) groups is 2. The summed E-state index contributed by atoms with van der Waals surface area (Å²) in [6.45, 7) is 13.1. The average Bonchev–Trinajstić information content (AvgIpc) is 3.32. The number of nitrogens with zero attached hydrogens (tertiary/aromatic N) is 1. The summed E-state index contributed by atoms with van der Waals surface area (Å²) in [7, 11) is 0. The molecule has 2 aromatic rings. The van der Waals surface area contributed by atoms with Crippen molar-refractivity contribution in [3.63, 3.8) is 0 Å². The average molecular weight is 543 g/mol. The molecule has 1 aromatic heterocycles. The Morgan fingerprint density at radius 3 is 2.71 bits per heavy atom. The molecule has 1 amide bonds. The number of amides is 1. The maximum Gasteiger partial charge on any atom is 0.223 e. The number of hydrogen-bond donors (Lipinski definition) is 3. The Balaban J connectivity index is 1.63. The molecule has 7 atom stereocenters. The summed E-state index contributed by atoms with van der Waals surface area (Å²) in [5.74, 6) is -1.37. The fourth-order valence-electron chi connectivity index (χ4n) is 5.83. The van der Waals surface area contributed by atoms with E-state index in [1.807, 2.05) is 32.0 Å². The second kappa shape index (κ2) is 11.2. The summed E-state index contributed by atoms with van der Waals surface area (Å²) < 4.78 is 7.25. The van der Waals surface area contributed by atoms with Crippen molar-refractivity contribution in [1.82, 2.24) is 10.3 Å². The van der Waals surface area contributed by atoms with Crippen LogP contribution in [-0.4, -0.2) is 50.8 Å². The molecule has 8 heteroatoms. The van der Waals surface area contributed by atoms with Crippen molar-refractivity contribution < 1.29 is 24.5 Å². The molecule has 4 rings (SSSR count). The van der Waals surface area contributed by atoms with E-state index in [0.717, 1.165) is 40.1 Å². The Morgan fingerprint density at radius 1 is 1.26 bits per heavy atom. The SMILES string of the molecule is C=CC[C@H]1C(=O)C(C)(C)[C@@H](O)CC(=O)N[C@H](c2ccc3sc(C)nc3c2)CC2OC2(C)CCC[C@H](C)[C@@H]1O. The number of fused-ring (bicyclic) bond motifs is 2. The molecular weight excluding hydrogens is 500 g/mol. The first-order valence-electron chi connectivity index (χ1n) is 13.7. The Morgan fingerprint density at radius 2 is 2.00 bits per heavy atom. The van der Waals surface area contributed by atoms with Gasteiger partial charge in [0.15, 0.2) is 0 Å². The molecule has 208 valence electrons. The molecule has 0 saturated carbocycles. The van der Waals surface area contributed by atoms with E-state index in [0.29, 0.717) is 12.8 Å². The van der Waals surface area contributed by atoms with Crippen LogP contribution in [-0.2, 0) is 14.3 Å². The summed E-state index contributed by atoms with van der Waals surface area (Å²) in [5, 5.41) is 26.3. The van der Waals surface area contributed by atoms with Gasteiger partial charge in [-0.25, -0.2) is 4.98 Å². The Bertz CT molecular complexity index is 1190. The lowest BCUT2D eigenvalue weighted by Gasteiger charge is -2.36. The van der Waals surface area contributed by atoms with Crippen molar-refractivity contribution in [2.75, 3.05) is 0 Å². The van der Waals surface area contributed by atoms with Gasteiger partial charge < -0.3 is 20.3 Å². The van der Waals surface area contributed by atoms with Crippen LogP contribution in [0.25, 0.3) is 10.2 Å². The standard InChI is InChI=1S/C30H42N2O5S/c1-7-9-20-27(35)17(2)10-8-13-30(6)25(37-30)15-21(19-11-12-23-22(14-19)31-18(3)38-23)32-26(34)16-24(33)29(4,5)28(20)36/h7,11-12,14,17,20-21,24-25,27,33,35H,1,8-10,13,15-16H2,2-6H3,(H,32,34)/t17-,20+,21-,24-,25?,27-,30?/m0/s1. The van der Waals surface area contributed by atoms with Crippen LogP contribution in [0.2, 0.25) is 0 Å². The van der Waals surface area contributed by atoms with Gasteiger partial charge in [0.1, 0.15) is 5.78 Å². The van der Waals surface area contributed by atoms with Crippen LogP contribution in [0.1, 0.15) is 82.8 Å². The second-order valence-corrected chi connectivity index (χ2v) is 13.3. The lowest BCUT2D eigenvalue weighted by molar-refractivity contribution is -0.144. The van der Waals surface area contributed by atoms with Crippen LogP contribution in [0.5, 0.6) is 0 Å². The Hall–Kier alpha value is -2.13. The third-order valence-corrected chi connectivity index (χ3v) is 9.63. The van der Waals surface area contributed by atoms with Gasteiger partial charge in [0.05, 0.1) is 57.0 Å². The number of epoxide rings is 1. The minimum atomic E-state index is -1.21. The van der Waals surface area contributed by atoms with Crippen LogP contribution in [0.4, 0.5) is 0 Å². The minimum absolute atomic E-state index is 0.00902. The van der Waals surface area contributed by atoms with Gasteiger partial charge in [-0.2, -0.15) is 0 Å². The number of aryl methyl sites for hydroxylation is 1. The van der Waals surface area contributed by atoms with E-state index >= 15 is 0 Å². The number of aliphatic hydroxyl groups excluding tert-OH is 2. The summed E-state index contributed by atoms with van der Waals surface area (Å²) in [4.78, 5) is 31.5. The van der Waals surface area contributed by atoms with E-state index in [2.05, 4.69) is 23.8 Å². The second-order valence-electron chi connectivity index (χ2n) is 12.0. The number of aromatic nitrogens is 1. The molecule has 7 nitrogen and oxygen atoms in total. The number of ketones is 1. The van der Waals surface area contributed by atoms with Gasteiger partial charge in [0.25, 0.3) is 0 Å². The summed E-state index contributed by atoms with van der Waals surface area (Å²) in [5.41, 5.74) is 0.346. The fraction of sp³-hybridized carbons (Fsp3) is 0.633. The Kier molecular flexibility index (Phi) is 8.48. The van der Waals surface area contributed by atoms with Crippen molar-refractivity contribution in [3.8, 4) is 0 Å². The summed E-state index contributed by atoms with van der Waals surface area (Å²) in [6, 6.07) is 5.77. The number of allylic oxidation sites excluding steroid dienone is 1. The summed E-state index contributed by atoms with van der Waals surface area (Å²) in [6.07, 6.45) is 2.73. The zero-order chi connectivity index (χ0) is 27.8. The fourth-order valence-corrected chi connectivity index (χ4v) is 6.63. The molecule has 2 unspecified atom stereocenters. The quantitative estimate of drug-likeness (QED) is 0.371. The largest absolute Gasteiger partial charge is 0.392 e. The topological polar surface area (TPSA) is 112 Å². The maximum absolute atomic E-state index is 13.6. The van der Waals surface area contributed by atoms with E-state index in [4.69, 9.17) is 4.74 Å². The molecule has 3 heterocycles. The zero-order valence-corrected chi connectivity index (χ0v) is 24.0. The molecule has 3 N–H and O–H groups in total. The number of aliphatic hydroxyl groups is 2. The highest BCUT2D eigenvalue weighted by Crippen LogP contribution is 2.46. The highest BCUT2D eigenvalue weighted by molar-refractivity contribution is 7.18. The van der Waals surface area contributed by atoms with Crippen LogP contribution in [0, 0.1) is 24.2 Å². The van der Waals surface area contributed by atoms with Gasteiger partial charge in [-0.05, 0) is 56.7 Å². The number of rotatable bonds is 3. The molecule has 2 fully saturated rings. The van der Waals surface area contributed by atoms with E-state index in [9.17, 15) is 19.8 Å². The number of Topliss-reactive ketones (excluding diaryl/α,β-unsaturated/α-hetero) is 1. The van der Waals surface area contributed by atoms with Crippen LogP contribution in [0.3, 0.4) is 0 Å². The smallest absolute Gasteiger partial charge is 0.223 e. The van der Waals surface area contributed by atoms with E-state index < -0.39 is 23.5 Å². The normalized spacial score (nSPS) is 34.9. The predicted molar refractivity (Wildman–Crippen MR) is 150 cm³/mol. The number of hydrogen-bond acceptors (Lipinski definition) is 7. The molecular formula is C30H42N2O5S. The third-order valence-electron chi connectivity index (χ3n) is 8.67. The maximum atomic E-state index is 13.6. The molecule has 2 saturated heterocycles. The first-order chi connectivity index (χ1) is 17.9. The van der Waals surface area contributed by atoms with Crippen molar-refractivity contribution in [1.29, 1.82) is 0 Å². The molecule has 38 heavy (non-hydrogen) atoms. The van der Waals surface area contributed by atoms with Gasteiger partial charge in [-0.15, -0.1) is 17.9 Å². The van der Waals surface area contributed by atoms with Gasteiger partial charge in [-0.3, -0.25) is 9.59 Å². The lowest BCUT2D eigenvalue weighted by atomic mass is 9.71. The molecule has 2 aliphatic heterocycles. The van der Waals surface area contributed by atoms with Crippen LogP contribution < -0.4 is 5.32 Å². The lowest BCUT2D eigenvalue weighted by Crippen LogP contribution is -2.47. The van der Waals surface area contributed by atoms with Crippen molar-refractivity contribution in [2.45, 2.75) is 103 Å². The first-order valence-corrected chi connectivity index (χ1v) is 14.5. The molecule has 1 aromatic carbocycles. The Labute approximate surface area is 229 Å². The van der Waals surface area contributed by atoms with Gasteiger partial charge >= 0.3 is 0 Å². The minimum Gasteiger partial charge on any atom is -0.392 e. The molecule has 2 aliphatic rings. The zero-order valence-electron chi connectivity index (χ0n) is 23.2. The van der Waals surface area contributed by atoms with Gasteiger partial charge in [-0.1, -0.05) is 39.3 Å². The van der Waals surface area contributed by atoms with Gasteiger partial charge in [0.2, 0.25) is 5.91 Å². The van der Waals surface area contributed by atoms with Gasteiger partial charge in [0, 0.05) is 12.3 Å². The van der Waals surface area contributed by atoms with E-state index in [-0.39, 0.29) is 41.8 Å². The van der Waals surface area contributed by atoms with Crippen LogP contribution in [0.15, 0.2) is 30.9 Å². The number of nitrogens with one attached hydrogen (secondary N) is 1. The molecule has 0 aliphatic carbocycles. The molecule has 0 bridgehead atoms. The van der Waals surface area contributed by atoms with Crippen LogP contribution >= 0.6 is 11.3 Å².